The zero-order valence-corrected chi connectivity index (χ0v) is 19.8. The van der Waals surface area contributed by atoms with Gasteiger partial charge in [-0.05, 0) is 36.2 Å². The van der Waals surface area contributed by atoms with Crippen molar-refractivity contribution >= 4 is 29.2 Å². The van der Waals surface area contributed by atoms with Gasteiger partial charge in [-0.25, -0.2) is 4.98 Å². The van der Waals surface area contributed by atoms with Gasteiger partial charge in [-0.2, -0.15) is 0 Å². The number of nitrogens with zero attached hydrogens (tertiary/aromatic N) is 2. The number of amides is 3. The van der Waals surface area contributed by atoms with Crippen LogP contribution in [0.5, 0.6) is 11.5 Å². The highest BCUT2D eigenvalue weighted by Gasteiger charge is 2.22. The van der Waals surface area contributed by atoms with Crippen molar-refractivity contribution in [3.8, 4) is 11.5 Å². The Morgan fingerprint density at radius 2 is 1.64 bits per heavy atom. The fraction of sp³-hybridized carbons (Fsp3) is 0.259. The first-order valence-electron chi connectivity index (χ1n) is 11.8. The summed E-state index contributed by atoms with van der Waals surface area (Å²) in [5, 5.41) is 5.53. The molecule has 0 spiro atoms. The molecule has 0 saturated heterocycles. The molecule has 1 aromatic heterocycles. The predicted molar refractivity (Wildman–Crippen MR) is 135 cm³/mol. The first kappa shape index (κ1) is 24.7. The maximum atomic E-state index is 13.2. The lowest BCUT2D eigenvalue weighted by Crippen LogP contribution is -2.41. The minimum atomic E-state index is -0.360. The fourth-order valence-electron chi connectivity index (χ4n) is 3.71. The van der Waals surface area contributed by atoms with Crippen molar-refractivity contribution in [2.45, 2.75) is 19.3 Å². The summed E-state index contributed by atoms with van der Waals surface area (Å²) in [5.41, 5.74) is 1.60. The third kappa shape index (κ3) is 7.05. The van der Waals surface area contributed by atoms with E-state index in [0.29, 0.717) is 49.2 Å². The largest absolute Gasteiger partial charge is 0.486 e. The van der Waals surface area contributed by atoms with E-state index in [-0.39, 0.29) is 37.1 Å². The Kier molecular flexibility index (Phi) is 8.48. The third-order valence-electron chi connectivity index (χ3n) is 5.52. The van der Waals surface area contributed by atoms with Crippen molar-refractivity contribution in [1.29, 1.82) is 0 Å². The first-order chi connectivity index (χ1) is 17.6. The molecule has 3 aromatic rings. The van der Waals surface area contributed by atoms with Crippen LogP contribution in [-0.4, -0.2) is 49.0 Å². The molecule has 0 saturated carbocycles. The Hall–Kier alpha value is -4.40. The minimum absolute atomic E-state index is 0.0495. The molecular formula is C27H28N4O5. The summed E-state index contributed by atoms with van der Waals surface area (Å²) < 4.78 is 11.2. The van der Waals surface area contributed by atoms with Crippen molar-refractivity contribution in [3.05, 3.63) is 78.5 Å². The molecule has 9 nitrogen and oxygen atoms in total. The van der Waals surface area contributed by atoms with E-state index < -0.39 is 0 Å². The Morgan fingerprint density at radius 3 is 2.42 bits per heavy atom. The van der Waals surface area contributed by atoms with Gasteiger partial charge < -0.3 is 25.0 Å². The lowest BCUT2D eigenvalue weighted by Gasteiger charge is -2.25. The Morgan fingerprint density at radius 1 is 0.861 bits per heavy atom. The second-order valence-corrected chi connectivity index (χ2v) is 8.16. The van der Waals surface area contributed by atoms with Crippen LogP contribution in [0.4, 0.5) is 11.5 Å². The summed E-state index contributed by atoms with van der Waals surface area (Å²) in [5.74, 6) is 0.509. The average molecular weight is 489 g/mol. The first-order valence-corrected chi connectivity index (χ1v) is 11.8. The number of nitrogens with one attached hydrogen (secondary N) is 2. The van der Waals surface area contributed by atoms with Gasteiger partial charge in [-0.3, -0.25) is 14.4 Å². The van der Waals surface area contributed by atoms with E-state index >= 15 is 0 Å². The van der Waals surface area contributed by atoms with Gasteiger partial charge in [0, 0.05) is 37.3 Å². The summed E-state index contributed by atoms with van der Waals surface area (Å²) in [4.78, 5) is 43.7. The molecule has 4 rings (SSSR count). The standard InChI is InChI=1S/C27H28N4O5/c32-25(30-24-8-4-5-14-28-24)11-12-27(34)31(21-9-10-22-23(18-21)36-17-16-35-22)19-26(33)29-15-13-20-6-2-1-3-7-20/h1-10,14,18H,11-13,15-17,19H2,(H,29,33)(H,28,30,32). The van der Waals surface area contributed by atoms with Gasteiger partial charge >= 0.3 is 0 Å². The number of aromatic nitrogens is 1. The average Bonchev–Trinajstić information content (AvgIpc) is 2.91. The maximum absolute atomic E-state index is 13.2. The zero-order valence-electron chi connectivity index (χ0n) is 19.8. The number of pyridine rings is 1. The van der Waals surface area contributed by atoms with Crippen LogP contribution in [0, 0.1) is 0 Å². The fourth-order valence-corrected chi connectivity index (χ4v) is 3.71. The van der Waals surface area contributed by atoms with E-state index in [1.165, 1.54) is 4.90 Å². The van der Waals surface area contributed by atoms with E-state index in [4.69, 9.17) is 9.47 Å². The van der Waals surface area contributed by atoms with Crippen LogP contribution in [0.2, 0.25) is 0 Å². The van der Waals surface area contributed by atoms with E-state index in [2.05, 4.69) is 15.6 Å². The van der Waals surface area contributed by atoms with E-state index in [1.54, 1.807) is 42.6 Å². The lowest BCUT2D eigenvalue weighted by atomic mass is 10.1. The highest BCUT2D eigenvalue weighted by atomic mass is 16.6. The molecule has 9 heteroatoms. The second kappa shape index (κ2) is 12.3. The lowest BCUT2D eigenvalue weighted by molar-refractivity contribution is -0.125. The van der Waals surface area contributed by atoms with E-state index in [1.807, 2.05) is 30.3 Å². The number of rotatable bonds is 10. The molecule has 1 aliphatic rings. The molecule has 186 valence electrons. The summed E-state index contributed by atoms with van der Waals surface area (Å²) in [6.45, 7) is 1.11. The van der Waals surface area contributed by atoms with Crippen LogP contribution in [0.25, 0.3) is 0 Å². The van der Waals surface area contributed by atoms with Gasteiger partial charge in [0.1, 0.15) is 25.6 Å². The molecule has 0 fully saturated rings. The molecular weight excluding hydrogens is 460 g/mol. The molecule has 2 N–H and O–H groups in total. The monoisotopic (exact) mass is 488 g/mol. The molecule has 0 radical (unpaired) electrons. The number of fused-ring (bicyclic) bond motifs is 1. The van der Waals surface area contributed by atoms with Gasteiger partial charge in [-0.15, -0.1) is 0 Å². The third-order valence-corrected chi connectivity index (χ3v) is 5.52. The number of ether oxygens (including phenoxy) is 2. The summed E-state index contributed by atoms with van der Waals surface area (Å²) in [7, 11) is 0. The number of anilines is 2. The van der Waals surface area contributed by atoms with Crippen LogP contribution in [0.3, 0.4) is 0 Å². The highest BCUT2D eigenvalue weighted by molar-refractivity contribution is 6.01. The molecule has 2 aromatic carbocycles. The van der Waals surface area contributed by atoms with Crippen molar-refractivity contribution in [2.24, 2.45) is 0 Å². The maximum Gasteiger partial charge on any atom is 0.240 e. The second-order valence-electron chi connectivity index (χ2n) is 8.16. The van der Waals surface area contributed by atoms with E-state index in [9.17, 15) is 14.4 Å². The SMILES string of the molecule is O=C(CN(C(=O)CCC(=O)Nc1ccccn1)c1ccc2c(c1)OCCO2)NCCc1ccccc1. The minimum Gasteiger partial charge on any atom is -0.486 e. The van der Waals surface area contributed by atoms with Gasteiger partial charge in [0.15, 0.2) is 11.5 Å². The Bertz CT molecular complexity index is 1190. The van der Waals surface area contributed by atoms with Crippen molar-refractivity contribution < 1.29 is 23.9 Å². The summed E-state index contributed by atoms with van der Waals surface area (Å²) in [6, 6.07) is 20.1. The van der Waals surface area contributed by atoms with Gasteiger partial charge in [-0.1, -0.05) is 36.4 Å². The van der Waals surface area contributed by atoms with Gasteiger partial charge in [0.05, 0.1) is 0 Å². The molecule has 1 aliphatic heterocycles. The molecule has 0 bridgehead atoms. The van der Waals surface area contributed by atoms with Crippen LogP contribution in [0.1, 0.15) is 18.4 Å². The molecule has 0 atom stereocenters. The number of hydrogen-bond acceptors (Lipinski definition) is 6. The number of carbonyl (C=O) groups excluding carboxylic acids is 3. The van der Waals surface area contributed by atoms with Crippen LogP contribution < -0.4 is 25.0 Å². The topological polar surface area (TPSA) is 110 Å². The smallest absolute Gasteiger partial charge is 0.240 e. The molecule has 2 heterocycles. The van der Waals surface area contributed by atoms with Crippen molar-refractivity contribution in [1.82, 2.24) is 10.3 Å². The predicted octanol–water partition coefficient (Wildman–Crippen LogP) is 2.96. The number of carbonyl (C=O) groups is 3. The van der Waals surface area contributed by atoms with Crippen molar-refractivity contribution in [3.63, 3.8) is 0 Å². The summed E-state index contributed by atoms with van der Waals surface area (Å²) >= 11 is 0. The van der Waals surface area contributed by atoms with Gasteiger partial charge in [0.2, 0.25) is 17.7 Å². The number of benzene rings is 2. The van der Waals surface area contributed by atoms with Gasteiger partial charge in [0.25, 0.3) is 0 Å². The Balaban J connectivity index is 1.40. The van der Waals surface area contributed by atoms with Crippen LogP contribution >= 0.6 is 0 Å². The quantitative estimate of drug-likeness (QED) is 0.454. The number of hydrogen-bond donors (Lipinski definition) is 2. The molecule has 3 amide bonds. The molecule has 0 aliphatic carbocycles. The van der Waals surface area contributed by atoms with Crippen LogP contribution in [-0.2, 0) is 20.8 Å². The van der Waals surface area contributed by atoms with Crippen LogP contribution in [0.15, 0.2) is 72.9 Å². The summed E-state index contributed by atoms with van der Waals surface area (Å²) in [6.07, 6.45) is 2.12. The molecule has 0 unspecified atom stereocenters. The van der Waals surface area contributed by atoms with Crippen molar-refractivity contribution in [2.75, 3.05) is 36.5 Å². The highest BCUT2D eigenvalue weighted by Crippen LogP contribution is 2.34. The Labute approximate surface area is 209 Å². The van der Waals surface area contributed by atoms with E-state index in [0.717, 1.165) is 5.56 Å². The zero-order chi connectivity index (χ0) is 25.2. The molecule has 36 heavy (non-hydrogen) atoms. The normalized spacial score (nSPS) is 11.9.